The van der Waals surface area contributed by atoms with E-state index < -0.39 is 5.97 Å². The van der Waals surface area contributed by atoms with Gasteiger partial charge in [-0.05, 0) is 66.3 Å². The van der Waals surface area contributed by atoms with Gasteiger partial charge in [0.05, 0.1) is 12.2 Å². The smallest absolute Gasteiger partial charge is 0.335 e. The van der Waals surface area contributed by atoms with Gasteiger partial charge in [-0.1, -0.05) is 74.9 Å². The highest BCUT2D eigenvalue weighted by Crippen LogP contribution is 2.33. The maximum atomic E-state index is 10.7. The number of carbonyl (C=O) groups is 1. The Hall–Kier alpha value is -2.13. The second-order valence-corrected chi connectivity index (χ2v) is 8.50. The minimum Gasteiger partial charge on any atom is -0.478 e. The molecule has 2 aromatic rings. The summed E-state index contributed by atoms with van der Waals surface area (Å²) < 4.78 is 0. The normalized spacial score (nSPS) is 18.0. The van der Waals surface area contributed by atoms with Crippen LogP contribution >= 0.6 is 0 Å². The molecular formula is C26H34O3. The number of benzene rings is 2. The average Bonchev–Trinajstić information content (AvgIpc) is 2.81. The van der Waals surface area contributed by atoms with Crippen LogP contribution in [0, 0.1) is 0 Å². The number of carboxylic acids is 1. The summed E-state index contributed by atoms with van der Waals surface area (Å²) in [6, 6.07) is 15.8. The highest BCUT2D eigenvalue weighted by atomic mass is 16.4. The molecule has 0 saturated heterocycles. The quantitative estimate of drug-likeness (QED) is 0.609. The number of aliphatic hydroxyl groups is 1. The zero-order chi connectivity index (χ0) is 20.5. The third-order valence-electron chi connectivity index (χ3n) is 6.47. The number of aromatic carboxylic acids is 1. The van der Waals surface area contributed by atoms with Gasteiger partial charge in [0.2, 0.25) is 0 Å². The van der Waals surface area contributed by atoms with Gasteiger partial charge < -0.3 is 10.2 Å². The average molecular weight is 395 g/mol. The van der Waals surface area contributed by atoms with Crippen LogP contribution in [0.4, 0.5) is 0 Å². The van der Waals surface area contributed by atoms with E-state index in [9.17, 15) is 4.79 Å². The molecule has 156 valence electrons. The van der Waals surface area contributed by atoms with Crippen molar-refractivity contribution in [3.63, 3.8) is 0 Å². The van der Waals surface area contributed by atoms with Crippen LogP contribution in [0.5, 0.6) is 0 Å². The molecule has 2 aliphatic carbocycles. The van der Waals surface area contributed by atoms with E-state index in [1.54, 1.807) is 12.1 Å². The molecule has 0 heterocycles. The monoisotopic (exact) mass is 394 g/mol. The number of aliphatic hydroxyl groups excluding tert-OH is 1. The molecule has 0 aromatic heterocycles. The van der Waals surface area contributed by atoms with E-state index in [4.69, 9.17) is 10.2 Å². The van der Waals surface area contributed by atoms with Crippen LogP contribution in [-0.4, -0.2) is 16.2 Å². The van der Waals surface area contributed by atoms with Crippen molar-refractivity contribution >= 4 is 5.97 Å². The van der Waals surface area contributed by atoms with Gasteiger partial charge in [0.1, 0.15) is 0 Å². The lowest BCUT2D eigenvalue weighted by molar-refractivity contribution is 0.0697. The van der Waals surface area contributed by atoms with Crippen LogP contribution in [0.3, 0.4) is 0 Å². The van der Waals surface area contributed by atoms with Crippen LogP contribution in [0.1, 0.15) is 103 Å². The molecule has 3 heteroatoms. The third-order valence-corrected chi connectivity index (χ3v) is 6.47. The molecule has 0 amide bonds. The topological polar surface area (TPSA) is 57.5 Å². The molecule has 2 N–H and O–H groups in total. The molecule has 0 spiro atoms. The van der Waals surface area contributed by atoms with Gasteiger partial charge in [0.25, 0.3) is 0 Å². The van der Waals surface area contributed by atoms with Crippen molar-refractivity contribution in [1.82, 2.24) is 0 Å². The largest absolute Gasteiger partial charge is 0.478 e. The molecule has 0 bridgehead atoms. The molecule has 2 saturated carbocycles. The summed E-state index contributed by atoms with van der Waals surface area (Å²) in [6.07, 6.45) is 13.3. The molecule has 0 atom stereocenters. The van der Waals surface area contributed by atoms with Gasteiger partial charge in [0.15, 0.2) is 0 Å². The predicted octanol–water partition coefficient (Wildman–Crippen LogP) is 6.66. The maximum absolute atomic E-state index is 10.7. The first kappa shape index (κ1) is 21.6. The maximum Gasteiger partial charge on any atom is 0.335 e. The Morgan fingerprint density at radius 1 is 0.690 bits per heavy atom. The first-order valence-corrected chi connectivity index (χ1v) is 11.2. The fourth-order valence-electron chi connectivity index (χ4n) is 4.66. The lowest BCUT2D eigenvalue weighted by Crippen LogP contribution is -2.05. The molecular weight excluding hydrogens is 360 g/mol. The third kappa shape index (κ3) is 6.43. The predicted molar refractivity (Wildman–Crippen MR) is 117 cm³/mol. The molecule has 29 heavy (non-hydrogen) atoms. The summed E-state index contributed by atoms with van der Waals surface area (Å²) in [4.78, 5) is 10.7. The highest BCUT2D eigenvalue weighted by molar-refractivity contribution is 5.87. The van der Waals surface area contributed by atoms with E-state index in [-0.39, 0.29) is 6.61 Å². The van der Waals surface area contributed by atoms with Crippen LogP contribution in [0.2, 0.25) is 0 Å². The molecule has 2 aliphatic rings. The Bertz CT molecular complexity index is 737. The van der Waals surface area contributed by atoms with Crippen LogP contribution in [0.25, 0.3) is 0 Å². The Labute approximate surface area is 174 Å². The first-order chi connectivity index (χ1) is 14.2. The zero-order valence-electron chi connectivity index (χ0n) is 17.4. The standard InChI is InChI=1S/C13H16O2.C13H18O/c14-13(15)12-8-6-11(7-9-12)10-4-2-1-3-5-10;14-10-11-6-8-13(9-7-11)12-4-2-1-3-5-12/h6-10H,1-5H2,(H,14,15);6-9,12,14H,1-5,10H2. The lowest BCUT2D eigenvalue weighted by atomic mass is 9.84. The lowest BCUT2D eigenvalue weighted by Gasteiger charge is -2.21. The van der Waals surface area contributed by atoms with E-state index in [1.807, 2.05) is 24.3 Å². The fraction of sp³-hybridized carbons (Fsp3) is 0.500. The Balaban J connectivity index is 0.000000166. The van der Waals surface area contributed by atoms with Gasteiger partial charge in [-0.15, -0.1) is 0 Å². The zero-order valence-corrected chi connectivity index (χ0v) is 17.4. The number of carboxylic acid groups (broad SMARTS) is 1. The molecule has 0 aliphatic heterocycles. The number of rotatable bonds is 4. The Morgan fingerprint density at radius 2 is 1.10 bits per heavy atom. The Morgan fingerprint density at radius 3 is 1.48 bits per heavy atom. The van der Waals surface area contributed by atoms with Crippen molar-refractivity contribution in [1.29, 1.82) is 0 Å². The number of hydrogen-bond donors (Lipinski definition) is 2. The molecule has 0 radical (unpaired) electrons. The fourth-order valence-corrected chi connectivity index (χ4v) is 4.66. The van der Waals surface area contributed by atoms with Crippen LogP contribution in [-0.2, 0) is 6.61 Å². The minimum atomic E-state index is -0.842. The summed E-state index contributed by atoms with van der Waals surface area (Å²) in [7, 11) is 0. The molecule has 2 aromatic carbocycles. The second kappa shape index (κ2) is 11.2. The molecule has 3 nitrogen and oxygen atoms in total. The molecule has 2 fully saturated rings. The van der Waals surface area contributed by atoms with Crippen molar-refractivity contribution in [2.24, 2.45) is 0 Å². The summed E-state index contributed by atoms with van der Waals surface area (Å²) in [6.45, 7) is 0.158. The number of hydrogen-bond acceptors (Lipinski definition) is 2. The van der Waals surface area contributed by atoms with E-state index in [1.165, 1.54) is 75.3 Å². The van der Waals surface area contributed by atoms with Gasteiger partial charge >= 0.3 is 5.97 Å². The highest BCUT2D eigenvalue weighted by Gasteiger charge is 2.16. The minimum absolute atomic E-state index is 0.158. The van der Waals surface area contributed by atoms with Crippen molar-refractivity contribution in [3.8, 4) is 0 Å². The van der Waals surface area contributed by atoms with Crippen molar-refractivity contribution in [3.05, 3.63) is 70.8 Å². The SMILES string of the molecule is O=C(O)c1ccc(C2CCCCC2)cc1.OCc1ccc(C2CCCCC2)cc1. The first-order valence-electron chi connectivity index (χ1n) is 11.2. The molecule has 4 rings (SSSR count). The summed E-state index contributed by atoms with van der Waals surface area (Å²) in [5.41, 5.74) is 4.17. The second-order valence-electron chi connectivity index (χ2n) is 8.50. The van der Waals surface area contributed by atoms with Crippen LogP contribution < -0.4 is 0 Å². The van der Waals surface area contributed by atoms with E-state index in [0.29, 0.717) is 11.5 Å². The van der Waals surface area contributed by atoms with Crippen molar-refractivity contribution in [2.75, 3.05) is 0 Å². The van der Waals surface area contributed by atoms with Gasteiger partial charge in [-0.2, -0.15) is 0 Å². The van der Waals surface area contributed by atoms with Gasteiger partial charge in [-0.3, -0.25) is 0 Å². The van der Waals surface area contributed by atoms with Gasteiger partial charge in [-0.25, -0.2) is 4.79 Å². The Kier molecular flexibility index (Phi) is 8.30. The summed E-state index contributed by atoms with van der Waals surface area (Å²) in [5.74, 6) is 0.586. The van der Waals surface area contributed by atoms with Crippen LogP contribution in [0.15, 0.2) is 48.5 Å². The molecule has 0 unspecified atom stereocenters. The van der Waals surface area contributed by atoms with E-state index in [0.717, 1.165) is 11.5 Å². The van der Waals surface area contributed by atoms with Crippen molar-refractivity contribution in [2.45, 2.75) is 82.7 Å². The van der Waals surface area contributed by atoms with E-state index >= 15 is 0 Å². The van der Waals surface area contributed by atoms with Gasteiger partial charge in [0, 0.05) is 0 Å². The summed E-state index contributed by atoms with van der Waals surface area (Å²) in [5, 5.41) is 17.7. The summed E-state index contributed by atoms with van der Waals surface area (Å²) >= 11 is 0. The van der Waals surface area contributed by atoms with E-state index in [2.05, 4.69) is 12.1 Å². The van der Waals surface area contributed by atoms with Crippen molar-refractivity contribution < 1.29 is 15.0 Å².